The molecule has 2 aromatic heterocycles. The number of carbonyl (C=O) groups is 1. The molecule has 3 heterocycles. The quantitative estimate of drug-likeness (QED) is 0.753. The van der Waals surface area contributed by atoms with Crippen molar-refractivity contribution >= 4 is 17.2 Å². The van der Waals surface area contributed by atoms with Gasteiger partial charge in [0.1, 0.15) is 4.88 Å². The number of nitrogens with one attached hydrogen (secondary N) is 2. The molecule has 0 radical (unpaired) electrons. The van der Waals surface area contributed by atoms with Gasteiger partial charge in [-0.3, -0.25) is 4.79 Å². The largest absolute Gasteiger partial charge is 0.462 e. The maximum absolute atomic E-state index is 12.9. The van der Waals surface area contributed by atoms with Crippen molar-refractivity contribution in [2.45, 2.75) is 18.9 Å². The molecule has 25 heavy (non-hydrogen) atoms. The highest BCUT2D eigenvalue weighted by molar-refractivity contribution is 7.17. The first-order chi connectivity index (χ1) is 12.3. The van der Waals surface area contributed by atoms with Gasteiger partial charge in [0, 0.05) is 18.2 Å². The Morgan fingerprint density at radius 3 is 2.84 bits per heavy atom. The van der Waals surface area contributed by atoms with Crippen LogP contribution < -0.4 is 10.6 Å². The molecular weight excluding hydrogens is 334 g/mol. The molecule has 128 valence electrons. The summed E-state index contributed by atoms with van der Waals surface area (Å²) >= 11 is 1.37. The van der Waals surface area contributed by atoms with E-state index in [9.17, 15) is 4.79 Å². The summed E-state index contributed by atoms with van der Waals surface area (Å²) < 4.78 is 5.46. The zero-order valence-corrected chi connectivity index (χ0v) is 14.5. The lowest BCUT2D eigenvalue weighted by Crippen LogP contribution is -2.45. The second-order valence-corrected chi connectivity index (χ2v) is 7.06. The van der Waals surface area contributed by atoms with Gasteiger partial charge in [0.05, 0.1) is 12.0 Å². The molecule has 1 saturated heterocycles. The molecule has 1 aromatic carbocycles. The van der Waals surface area contributed by atoms with Gasteiger partial charge >= 0.3 is 0 Å². The average Bonchev–Trinajstić information content (AvgIpc) is 3.33. The van der Waals surface area contributed by atoms with Gasteiger partial charge < -0.3 is 15.1 Å². The summed E-state index contributed by atoms with van der Waals surface area (Å²) in [5.41, 5.74) is 1.64. The van der Waals surface area contributed by atoms with Crippen molar-refractivity contribution in [3.63, 3.8) is 0 Å². The van der Waals surface area contributed by atoms with Crippen molar-refractivity contribution in [1.82, 2.24) is 15.6 Å². The summed E-state index contributed by atoms with van der Waals surface area (Å²) in [5.74, 6) is 0.614. The summed E-state index contributed by atoms with van der Waals surface area (Å²) in [5, 5.41) is 7.18. The molecule has 1 aliphatic rings. The van der Waals surface area contributed by atoms with E-state index in [1.54, 1.807) is 6.26 Å². The normalized spacial score (nSPS) is 17.4. The second kappa shape index (κ2) is 7.21. The van der Waals surface area contributed by atoms with Gasteiger partial charge in [-0.1, -0.05) is 30.3 Å². The summed E-state index contributed by atoms with van der Waals surface area (Å²) in [6, 6.07) is 13.7. The Hall–Kier alpha value is -2.44. The number of furan rings is 1. The van der Waals surface area contributed by atoms with Crippen molar-refractivity contribution in [3.8, 4) is 22.0 Å². The number of aromatic nitrogens is 1. The lowest BCUT2D eigenvalue weighted by Gasteiger charge is -2.23. The van der Waals surface area contributed by atoms with E-state index in [1.807, 2.05) is 42.5 Å². The van der Waals surface area contributed by atoms with Crippen molar-refractivity contribution in [2.24, 2.45) is 0 Å². The summed E-state index contributed by atoms with van der Waals surface area (Å²) in [6.45, 7) is 1.83. The molecule has 2 N–H and O–H groups in total. The van der Waals surface area contributed by atoms with Gasteiger partial charge in [-0.15, -0.1) is 11.3 Å². The van der Waals surface area contributed by atoms with Crippen LogP contribution >= 0.6 is 11.3 Å². The Labute approximate surface area is 150 Å². The molecule has 1 atom stereocenters. The highest BCUT2D eigenvalue weighted by Crippen LogP contribution is 2.34. The molecule has 0 unspecified atom stereocenters. The molecule has 1 aliphatic heterocycles. The van der Waals surface area contributed by atoms with E-state index in [4.69, 9.17) is 4.42 Å². The molecule has 0 aliphatic carbocycles. The van der Waals surface area contributed by atoms with Crippen molar-refractivity contribution in [3.05, 3.63) is 53.6 Å². The Morgan fingerprint density at radius 2 is 2.12 bits per heavy atom. The van der Waals surface area contributed by atoms with Crippen LogP contribution in [-0.2, 0) is 0 Å². The smallest absolute Gasteiger partial charge is 0.263 e. The van der Waals surface area contributed by atoms with Crippen LogP contribution in [0.5, 0.6) is 0 Å². The molecule has 0 saturated carbocycles. The van der Waals surface area contributed by atoms with E-state index >= 15 is 0 Å². The summed E-state index contributed by atoms with van der Waals surface area (Å²) in [7, 11) is 0. The third-order valence-electron chi connectivity index (χ3n) is 4.24. The van der Waals surface area contributed by atoms with Gasteiger partial charge in [-0.25, -0.2) is 4.98 Å². The Kier molecular flexibility index (Phi) is 4.63. The standard InChI is InChI=1S/C19H19N3O2S/c23-18(21-14-8-4-10-20-12-14)17-16(13-6-2-1-3-7-13)22-19(25-17)15-9-5-11-24-15/h1-3,5-7,9,11,14,20H,4,8,10,12H2,(H,21,23)/t14-/m0/s1. The zero-order chi connectivity index (χ0) is 17.1. The lowest BCUT2D eigenvalue weighted by molar-refractivity contribution is 0.0935. The monoisotopic (exact) mass is 353 g/mol. The van der Waals surface area contributed by atoms with E-state index in [-0.39, 0.29) is 11.9 Å². The predicted molar refractivity (Wildman–Crippen MR) is 98.6 cm³/mol. The number of benzene rings is 1. The minimum absolute atomic E-state index is 0.0668. The number of nitrogens with zero attached hydrogens (tertiary/aromatic N) is 1. The third kappa shape index (κ3) is 3.50. The number of carbonyl (C=O) groups excluding carboxylic acids is 1. The number of hydrogen-bond acceptors (Lipinski definition) is 5. The number of piperidine rings is 1. The van der Waals surface area contributed by atoms with E-state index in [0.717, 1.165) is 36.5 Å². The summed E-state index contributed by atoms with van der Waals surface area (Å²) in [6.07, 6.45) is 3.70. The third-order valence-corrected chi connectivity index (χ3v) is 5.31. The number of thiazole rings is 1. The molecule has 3 aromatic rings. The number of rotatable bonds is 4. The molecule has 0 spiro atoms. The van der Waals surface area contributed by atoms with E-state index < -0.39 is 0 Å². The van der Waals surface area contributed by atoms with Crippen molar-refractivity contribution in [1.29, 1.82) is 0 Å². The first-order valence-corrected chi connectivity index (χ1v) is 9.24. The van der Waals surface area contributed by atoms with Crippen LogP contribution in [0.15, 0.2) is 53.1 Å². The maximum Gasteiger partial charge on any atom is 0.263 e. The van der Waals surface area contributed by atoms with E-state index in [0.29, 0.717) is 16.3 Å². The molecule has 6 heteroatoms. The van der Waals surface area contributed by atoms with Gasteiger partial charge in [0.2, 0.25) is 0 Å². The molecule has 0 bridgehead atoms. The van der Waals surface area contributed by atoms with Crippen LogP contribution in [-0.4, -0.2) is 30.0 Å². The average molecular weight is 353 g/mol. The summed E-state index contributed by atoms with van der Waals surface area (Å²) in [4.78, 5) is 18.2. The highest BCUT2D eigenvalue weighted by atomic mass is 32.1. The minimum atomic E-state index is -0.0668. The lowest BCUT2D eigenvalue weighted by atomic mass is 10.1. The van der Waals surface area contributed by atoms with Crippen molar-refractivity contribution in [2.75, 3.05) is 13.1 Å². The molecular formula is C19H19N3O2S. The van der Waals surface area contributed by atoms with Gasteiger partial charge in [-0.05, 0) is 31.5 Å². The first kappa shape index (κ1) is 16.1. The minimum Gasteiger partial charge on any atom is -0.462 e. The Bertz CT molecular complexity index is 837. The first-order valence-electron chi connectivity index (χ1n) is 8.43. The second-order valence-electron chi connectivity index (χ2n) is 6.06. The fourth-order valence-electron chi connectivity index (χ4n) is 3.00. The van der Waals surface area contributed by atoms with Gasteiger partial charge in [0.15, 0.2) is 10.8 Å². The number of amides is 1. The molecule has 1 amide bonds. The van der Waals surface area contributed by atoms with Crippen LogP contribution in [0.25, 0.3) is 22.0 Å². The fourth-order valence-corrected chi connectivity index (χ4v) is 3.96. The predicted octanol–water partition coefficient (Wildman–Crippen LogP) is 3.55. The topological polar surface area (TPSA) is 67.2 Å². The van der Waals surface area contributed by atoms with Crippen molar-refractivity contribution < 1.29 is 9.21 Å². The molecule has 1 fully saturated rings. The fraction of sp³-hybridized carbons (Fsp3) is 0.263. The molecule has 4 rings (SSSR count). The highest BCUT2D eigenvalue weighted by Gasteiger charge is 2.23. The van der Waals surface area contributed by atoms with E-state index in [1.165, 1.54) is 11.3 Å². The van der Waals surface area contributed by atoms with Gasteiger partial charge in [0.25, 0.3) is 5.91 Å². The van der Waals surface area contributed by atoms with Crippen LogP contribution in [0.2, 0.25) is 0 Å². The van der Waals surface area contributed by atoms with E-state index in [2.05, 4.69) is 15.6 Å². The Balaban J connectivity index is 1.68. The maximum atomic E-state index is 12.9. The Morgan fingerprint density at radius 1 is 1.24 bits per heavy atom. The molecule has 5 nitrogen and oxygen atoms in total. The van der Waals surface area contributed by atoms with Gasteiger partial charge in [-0.2, -0.15) is 0 Å². The van der Waals surface area contributed by atoms with Crippen LogP contribution in [0.3, 0.4) is 0 Å². The van der Waals surface area contributed by atoms with Crippen LogP contribution in [0, 0.1) is 0 Å². The zero-order valence-electron chi connectivity index (χ0n) is 13.7. The van der Waals surface area contributed by atoms with Crippen LogP contribution in [0.4, 0.5) is 0 Å². The number of hydrogen-bond donors (Lipinski definition) is 2. The van der Waals surface area contributed by atoms with Crippen LogP contribution in [0.1, 0.15) is 22.5 Å². The SMILES string of the molecule is O=C(N[C@H]1CCCNC1)c1sc(-c2ccco2)nc1-c1ccccc1.